The molecular weight excluding hydrogens is 280 g/mol. The summed E-state index contributed by atoms with van der Waals surface area (Å²) in [4.78, 5) is 3.94. The van der Waals surface area contributed by atoms with Gasteiger partial charge in [0, 0.05) is 11.9 Å². The van der Waals surface area contributed by atoms with Gasteiger partial charge in [0.15, 0.2) is 11.4 Å². The molecule has 90 valence electrons. The predicted molar refractivity (Wildman–Crippen MR) is 68.4 cm³/mol. The molecule has 17 heavy (non-hydrogen) atoms. The number of alkyl halides is 1. The number of rotatable bonds is 3. The van der Waals surface area contributed by atoms with Gasteiger partial charge in [-0.15, -0.1) is 0 Å². The molecule has 1 atom stereocenters. The van der Waals surface area contributed by atoms with Crippen LogP contribution in [0.4, 0.5) is 0 Å². The lowest BCUT2D eigenvalue weighted by atomic mass is 9.82. The highest BCUT2D eigenvalue weighted by molar-refractivity contribution is 9.09. The first-order valence-corrected chi connectivity index (χ1v) is 6.47. The van der Waals surface area contributed by atoms with Crippen molar-refractivity contribution in [3.63, 3.8) is 0 Å². The van der Waals surface area contributed by atoms with Crippen LogP contribution in [0.1, 0.15) is 32.2 Å². The number of nitriles is 2. The lowest BCUT2D eigenvalue weighted by Gasteiger charge is -2.29. The van der Waals surface area contributed by atoms with E-state index >= 15 is 0 Å². The van der Waals surface area contributed by atoms with Crippen LogP contribution in [0.15, 0.2) is 6.33 Å². The van der Waals surface area contributed by atoms with Gasteiger partial charge in [0.1, 0.15) is 12.1 Å². The smallest absolute Gasteiger partial charge is 0.176 e. The Kier molecular flexibility index (Phi) is 4.31. The Labute approximate surface area is 110 Å². The highest BCUT2D eigenvalue weighted by Gasteiger charge is 2.25. The van der Waals surface area contributed by atoms with E-state index in [0.29, 0.717) is 18.2 Å². The van der Waals surface area contributed by atoms with Crippen LogP contribution in [0.5, 0.6) is 0 Å². The fraction of sp³-hybridized carbons (Fsp3) is 0.583. The third-order valence-corrected chi connectivity index (χ3v) is 3.66. The van der Waals surface area contributed by atoms with E-state index in [1.54, 1.807) is 10.9 Å². The maximum Gasteiger partial charge on any atom is 0.176 e. The third kappa shape index (κ3) is 3.08. The average molecular weight is 295 g/mol. The highest BCUT2D eigenvalue weighted by atomic mass is 79.9. The molecule has 0 aliphatic carbocycles. The summed E-state index contributed by atoms with van der Waals surface area (Å²) in [7, 11) is 0. The molecule has 1 rings (SSSR count). The van der Waals surface area contributed by atoms with E-state index in [-0.39, 0.29) is 11.1 Å². The lowest BCUT2D eigenvalue weighted by molar-refractivity contribution is 0.239. The molecule has 0 bridgehead atoms. The normalized spacial score (nSPS) is 12.8. The fourth-order valence-corrected chi connectivity index (χ4v) is 2.69. The van der Waals surface area contributed by atoms with Crippen molar-refractivity contribution in [3.8, 4) is 12.1 Å². The van der Waals surface area contributed by atoms with Gasteiger partial charge in [0.25, 0.3) is 0 Å². The van der Waals surface area contributed by atoms with Crippen molar-refractivity contribution in [1.29, 1.82) is 10.5 Å². The van der Waals surface area contributed by atoms with Crippen molar-refractivity contribution in [2.45, 2.75) is 27.3 Å². The zero-order valence-electron chi connectivity index (χ0n) is 10.2. The van der Waals surface area contributed by atoms with E-state index in [0.717, 1.165) is 5.33 Å². The molecular formula is C12H15BrN4. The molecule has 0 aliphatic heterocycles. The van der Waals surface area contributed by atoms with Crippen LogP contribution in [-0.4, -0.2) is 14.9 Å². The predicted octanol–water partition coefficient (Wildman–Crippen LogP) is 2.68. The molecule has 1 unspecified atom stereocenters. The number of hydrogen-bond donors (Lipinski definition) is 0. The molecule has 0 fully saturated rings. The van der Waals surface area contributed by atoms with E-state index in [1.165, 1.54) is 0 Å². The highest BCUT2D eigenvalue weighted by Crippen LogP contribution is 2.29. The zero-order valence-corrected chi connectivity index (χ0v) is 11.8. The van der Waals surface area contributed by atoms with Crippen LogP contribution < -0.4 is 0 Å². The van der Waals surface area contributed by atoms with Crippen molar-refractivity contribution < 1.29 is 0 Å². The minimum Gasteiger partial charge on any atom is -0.321 e. The number of halogens is 1. The van der Waals surface area contributed by atoms with Gasteiger partial charge >= 0.3 is 0 Å². The Hall–Kier alpha value is -1.33. The van der Waals surface area contributed by atoms with Gasteiger partial charge in [0.2, 0.25) is 0 Å². The van der Waals surface area contributed by atoms with E-state index in [9.17, 15) is 0 Å². The van der Waals surface area contributed by atoms with Gasteiger partial charge in [-0.1, -0.05) is 36.7 Å². The Morgan fingerprint density at radius 3 is 2.47 bits per heavy atom. The van der Waals surface area contributed by atoms with E-state index in [1.807, 2.05) is 12.1 Å². The second kappa shape index (κ2) is 5.33. The zero-order chi connectivity index (χ0) is 13.1. The largest absolute Gasteiger partial charge is 0.321 e. The summed E-state index contributed by atoms with van der Waals surface area (Å²) in [6.07, 6.45) is 1.57. The number of aromatic nitrogens is 2. The van der Waals surface area contributed by atoms with Gasteiger partial charge in [0.05, 0.1) is 6.33 Å². The third-order valence-electron chi connectivity index (χ3n) is 2.88. The standard InChI is InChI=1S/C12H15BrN4/c1-12(2,3)9(4-13)7-17-8-16-10(5-14)11(17)6-15/h8-9H,4,7H2,1-3H3. The summed E-state index contributed by atoms with van der Waals surface area (Å²) in [6, 6.07) is 3.97. The molecule has 0 radical (unpaired) electrons. The van der Waals surface area contributed by atoms with Crippen LogP contribution in [-0.2, 0) is 6.54 Å². The minimum absolute atomic E-state index is 0.132. The molecule has 1 aromatic heterocycles. The second-order valence-electron chi connectivity index (χ2n) is 5.04. The Balaban J connectivity index is 3.01. The van der Waals surface area contributed by atoms with Crippen molar-refractivity contribution in [2.75, 3.05) is 5.33 Å². The summed E-state index contributed by atoms with van der Waals surface area (Å²) in [5.41, 5.74) is 0.685. The van der Waals surface area contributed by atoms with E-state index < -0.39 is 0 Å². The van der Waals surface area contributed by atoms with Crippen LogP contribution in [0.3, 0.4) is 0 Å². The molecule has 0 saturated carbocycles. The molecule has 1 aromatic rings. The lowest BCUT2D eigenvalue weighted by Crippen LogP contribution is -2.26. The Morgan fingerprint density at radius 2 is 2.06 bits per heavy atom. The minimum atomic E-state index is 0.132. The van der Waals surface area contributed by atoms with Crippen molar-refractivity contribution in [3.05, 3.63) is 17.7 Å². The number of hydrogen-bond acceptors (Lipinski definition) is 3. The van der Waals surface area contributed by atoms with Crippen LogP contribution in [0.25, 0.3) is 0 Å². The Morgan fingerprint density at radius 1 is 1.41 bits per heavy atom. The molecule has 0 saturated heterocycles. The first kappa shape index (κ1) is 13.7. The number of imidazole rings is 1. The topological polar surface area (TPSA) is 65.4 Å². The van der Waals surface area contributed by atoms with E-state index in [4.69, 9.17) is 10.5 Å². The first-order valence-electron chi connectivity index (χ1n) is 5.35. The van der Waals surface area contributed by atoms with Gasteiger partial charge < -0.3 is 4.57 Å². The summed E-state index contributed by atoms with van der Waals surface area (Å²) < 4.78 is 1.76. The van der Waals surface area contributed by atoms with Crippen molar-refractivity contribution in [2.24, 2.45) is 11.3 Å². The molecule has 0 amide bonds. The van der Waals surface area contributed by atoms with Crippen LogP contribution in [0, 0.1) is 34.0 Å². The molecule has 1 heterocycles. The maximum absolute atomic E-state index is 9.03. The average Bonchev–Trinajstić information content (AvgIpc) is 2.65. The fourth-order valence-electron chi connectivity index (χ4n) is 1.51. The molecule has 0 spiro atoms. The maximum atomic E-state index is 9.03. The molecule has 0 N–H and O–H groups in total. The van der Waals surface area contributed by atoms with E-state index in [2.05, 4.69) is 41.7 Å². The molecule has 0 aliphatic rings. The molecule has 5 heteroatoms. The van der Waals surface area contributed by atoms with Gasteiger partial charge in [-0.05, 0) is 11.3 Å². The molecule has 0 aromatic carbocycles. The SMILES string of the molecule is CC(C)(C)C(CBr)Cn1cnc(C#N)c1C#N. The van der Waals surface area contributed by atoms with Gasteiger partial charge in [-0.25, -0.2) is 4.98 Å². The Bertz CT molecular complexity index is 470. The van der Waals surface area contributed by atoms with Gasteiger partial charge in [-0.3, -0.25) is 0 Å². The second-order valence-corrected chi connectivity index (χ2v) is 5.68. The van der Waals surface area contributed by atoms with Crippen LogP contribution in [0.2, 0.25) is 0 Å². The van der Waals surface area contributed by atoms with Crippen LogP contribution >= 0.6 is 15.9 Å². The monoisotopic (exact) mass is 294 g/mol. The summed E-state index contributed by atoms with van der Waals surface area (Å²) in [6.45, 7) is 7.17. The number of nitrogens with zero attached hydrogens (tertiary/aromatic N) is 4. The quantitative estimate of drug-likeness (QED) is 0.805. The summed E-state index contributed by atoms with van der Waals surface area (Å²) >= 11 is 3.50. The summed E-state index contributed by atoms with van der Waals surface area (Å²) in [5.74, 6) is 0.371. The molecule has 4 nitrogen and oxygen atoms in total. The van der Waals surface area contributed by atoms with Gasteiger partial charge in [-0.2, -0.15) is 10.5 Å². The van der Waals surface area contributed by atoms with Crippen molar-refractivity contribution in [1.82, 2.24) is 9.55 Å². The summed E-state index contributed by atoms with van der Waals surface area (Å²) in [5, 5.41) is 18.7. The van der Waals surface area contributed by atoms with Crippen molar-refractivity contribution >= 4 is 15.9 Å². The first-order chi connectivity index (χ1) is 7.93.